The van der Waals surface area contributed by atoms with E-state index in [4.69, 9.17) is 0 Å². The largest absolute Gasteiger partial charge is 0.480 e. The minimum atomic E-state index is -1.47. The smallest absolute Gasteiger partial charge is 0.317 e. The SMILES string of the molecule is Cc1ccccc1[C@@](C)(O)[C@@]1(C(=O)O)C=CC=CC1. The third-order valence-electron chi connectivity index (χ3n) is 3.99. The van der Waals surface area contributed by atoms with Gasteiger partial charge >= 0.3 is 5.97 Å². The lowest BCUT2D eigenvalue weighted by Crippen LogP contribution is -2.48. The molecule has 2 rings (SSSR count). The van der Waals surface area contributed by atoms with Crippen LogP contribution < -0.4 is 0 Å². The zero-order valence-electron chi connectivity index (χ0n) is 11.1. The quantitative estimate of drug-likeness (QED) is 0.876. The minimum Gasteiger partial charge on any atom is -0.480 e. The Balaban J connectivity index is 2.59. The van der Waals surface area contributed by atoms with E-state index in [0.717, 1.165) is 5.56 Å². The van der Waals surface area contributed by atoms with Crippen molar-refractivity contribution in [2.45, 2.75) is 25.9 Å². The maximum Gasteiger partial charge on any atom is 0.317 e. The van der Waals surface area contributed by atoms with Crippen molar-refractivity contribution >= 4 is 5.97 Å². The van der Waals surface area contributed by atoms with Gasteiger partial charge in [-0.05, 0) is 31.4 Å². The molecule has 0 aliphatic heterocycles. The Hall–Kier alpha value is -1.87. The summed E-state index contributed by atoms with van der Waals surface area (Å²) < 4.78 is 0. The summed E-state index contributed by atoms with van der Waals surface area (Å²) in [4.78, 5) is 11.8. The molecule has 3 nitrogen and oxygen atoms in total. The number of hydrogen-bond donors (Lipinski definition) is 2. The van der Waals surface area contributed by atoms with Crippen molar-refractivity contribution in [1.29, 1.82) is 0 Å². The zero-order chi connectivity index (χ0) is 14.1. The van der Waals surface area contributed by atoms with Crippen molar-refractivity contribution < 1.29 is 15.0 Å². The number of rotatable bonds is 3. The molecule has 0 bridgehead atoms. The summed E-state index contributed by atoms with van der Waals surface area (Å²) in [6.45, 7) is 3.45. The second-order valence-electron chi connectivity index (χ2n) is 5.16. The van der Waals surface area contributed by atoms with Gasteiger partial charge < -0.3 is 10.2 Å². The Morgan fingerprint density at radius 3 is 2.53 bits per heavy atom. The van der Waals surface area contributed by atoms with Gasteiger partial charge in [0.25, 0.3) is 0 Å². The van der Waals surface area contributed by atoms with Gasteiger partial charge in [0.15, 0.2) is 0 Å². The molecule has 0 heterocycles. The molecule has 0 radical (unpaired) electrons. The van der Waals surface area contributed by atoms with Crippen molar-refractivity contribution in [3.8, 4) is 0 Å². The summed E-state index contributed by atoms with van der Waals surface area (Å²) in [5.74, 6) is -1.01. The second-order valence-corrected chi connectivity index (χ2v) is 5.16. The number of carboxylic acids is 1. The molecule has 0 spiro atoms. The summed E-state index contributed by atoms with van der Waals surface area (Å²) in [6, 6.07) is 7.35. The fourth-order valence-electron chi connectivity index (χ4n) is 2.71. The summed E-state index contributed by atoms with van der Waals surface area (Å²) in [6.07, 6.45) is 7.13. The maximum atomic E-state index is 11.8. The van der Waals surface area contributed by atoms with Crippen molar-refractivity contribution in [2.75, 3.05) is 0 Å². The molecule has 100 valence electrons. The van der Waals surface area contributed by atoms with Crippen LogP contribution in [0.25, 0.3) is 0 Å². The molecule has 1 aliphatic rings. The Bertz CT molecular complexity index is 555. The highest BCUT2D eigenvalue weighted by Crippen LogP contribution is 2.46. The molecule has 1 aromatic carbocycles. The molecular weight excluding hydrogens is 240 g/mol. The Morgan fingerprint density at radius 2 is 2.00 bits per heavy atom. The normalized spacial score (nSPS) is 25.0. The first-order valence-corrected chi connectivity index (χ1v) is 6.28. The average molecular weight is 258 g/mol. The maximum absolute atomic E-state index is 11.8. The minimum absolute atomic E-state index is 0.278. The van der Waals surface area contributed by atoms with Gasteiger partial charge in [-0.2, -0.15) is 0 Å². The van der Waals surface area contributed by atoms with Crippen LogP contribution in [0.2, 0.25) is 0 Å². The van der Waals surface area contributed by atoms with Crippen LogP contribution in [0.3, 0.4) is 0 Å². The number of aryl methyl sites for hydroxylation is 1. The van der Waals surface area contributed by atoms with Gasteiger partial charge in [0.05, 0.1) is 0 Å². The molecule has 2 N–H and O–H groups in total. The van der Waals surface area contributed by atoms with Gasteiger partial charge in [-0.1, -0.05) is 48.6 Å². The van der Waals surface area contributed by atoms with E-state index in [0.29, 0.717) is 5.56 Å². The third kappa shape index (κ3) is 2.00. The zero-order valence-corrected chi connectivity index (χ0v) is 11.1. The van der Waals surface area contributed by atoms with Crippen molar-refractivity contribution in [3.05, 3.63) is 59.7 Å². The van der Waals surface area contributed by atoms with Crippen molar-refractivity contribution in [2.24, 2.45) is 5.41 Å². The summed E-state index contributed by atoms with van der Waals surface area (Å²) in [7, 11) is 0. The van der Waals surface area contributed by atoms with Crippen LogP contribution in [0.1, 0.15) is 24.5 Å². The number of carboxylic acid groups (broad SMARTS) is 1. The molecule has 0 amide bonds. The number of aliphatic hydroxyl groups is 1. The van der Waals surface area contributed by atoms with Crippen molar-refractivity contribution in [1.82, 2.24) is 0 Å². The number of aliphatic carboxylic acids is 1. The number of carbonyl (C=O) groups is 1. The third-order valence-corrected chi connectivity index (χ3v) is 3.99. The molecule has 0 unspecified atom stereocenters. The van der Waals surface area contributed by atoms with Gasteiger partial charge in [-0.3, -0.25) is 4.79 Å². The lowest BCUT2D eigenvalue weighted by molar-refractivity contribution is -0.161. The topological polar surface area (TPSA) is 57.5 Å². The van der Waals surface area contributed by atoms with Gasteiger partial charge in [-0.15, -0.1) is 0 Å². The molecule has 0 fully saturated rings. The van der Waals surface area contributed by atoms with Crippen LogP contribution in [-0.2, 0) is 10.4 Å². The van der Waals surface area contributed by atoms with E-state index < -0.39 is 17.0 Å². The Kier molecular flexibility index (Phi) is 3.33. The van der Waals surface area contributed by atoms with Crippen molar-refractivity contribution in [3.63, 3.8) is 0 Å². The highest BCUT2D eigenvalue weighted by molar-refractivity contribution is 5.80. The molecule has 0 saturated carbocycles. The highest BCUT2D eigenvalue weighted by atomic mass is 16.4. The first-order chi connectivity index (χ1) is 8.92. The van der Waals surface area contributed by atoms with Crippen LogP contribution >= 0.6 is 0 Å². The molecule has 3 heteroatoms. The lowest BCUT2D eigenvalue weighted by atomic mass is 9.65. The number of hydrogen-bond acceptors (Lipinski definition) is 2. The van der Waals surface area contributed by atoms with E-state index in [-0.39, 0.29) is 6.42 Å². The van der Waals surface area contributed by atoms with E-state index in [1.165, 1.54) is 0 Å². The average Bonchev–Trinajstić information content (AvgIpc) is 2.39. The standard InChI is InChI=1S/C16H18O3/c1-12-8-4-5-9-13(12)15(2,19)16(14(17)18)10-6-3-7-11-16/h3-10,19H,11H2,1-2H3,(H,17,18)/t15-,16+/m1/s1. The summed E-state index contributed by atoms with van der Waals surface area (Å²) in [5, 5.41) is 20.6. The fraction of sp³-hybridized carbons (Fsp3) is 0.312. The second kappa shape index (κ2) is 4.67. The lowest BCUT2D eigenvalue weighted by Gasteiger charge is -2.41. The van der Waals surface area contributed by atoms with E-state index in [2.05, 4.69) is 0 Å². The van der Waals surface area contributed by atoms with Crippen LogP contribution in [0.15, 0.2) is 48.6 Å². The number of benzene rings is 1. The predicted molar refractivity (Wildman–Crippen MR) is 73.7 cm³/mol. The van der Waals surface area contributed by atoms with Gasteiger partial charge in [0.1, 0.15) is 11.0 Å². The van der Waals surface area contributed by atoms with Crippen LogP contribution in [0, 0.1) is 12.3 Å². The monoisotopic (exact) mass is 258 g/mol. The molecule has 1 aliphatic carbocycles. The van der Waals surface area contributed by atoms with Crippen LogP contribution in [0.5, 0.6) is 0 Å². The van der Waals surface area contributed by atoms with E-state index in [1.807, 2.05) is 25.1 Å². The fourth-order valence-corrected chi connectivity index (χ4v) is 2.71. The van der Waals surface area contributed by atoms with E-state index in [9.17, 15) is 15.0 Å². The molecule has 2 atom stereocenters. The van der Waals surface area contributed by atoms with Gasteiger partial charge in [-0.25, -0.2) is 0 Å². The van der Waals surface area contributed by atoms with Gasteiger partial charge in [0.2, 0.25) is 0 Å². The van der Waals surface area contributed by atoms with E-state index >= 15 is 0 Å². The predicted octanol–water partition coefficient (Wildman–Crippen LogP) is 2.79. The highest BCUT2D eigenvalue weighted by Gasteiger charge is 2.52. The molecule has 0 aromatic heterocycles. The molecule has 19 heavy (non-hydrogen) atoms. The summed E-state index contributed by atoms with van der Waals surface area (Å²) >= 11 is 0. The first-order valence-electron chi connectivity index (χ1n) is 6.28. The number of allylic oxidation sites excluding steroid dienone is 3. The van der Waals surface area contributed by atoms with Crippen LogP contribution in [0.4, 0.5) is 0 Å². The molecule has 1 aromatic rings. The van der Waals surface area contributed by atoms with Crippen LogP contribution in [-0.4, -0.2) is 16.2 Å². The van der Waals surface area contributed by atoms with E-state index in [1.54, 1.807) is 37.3 Å². The summed E-state index contributed by atoms with van der Waals surface area (Å²) in [5.41, 5.74) is -1.26. The molecular formula is C16H18O3. The van der Waals surface area contributed by atoms with Gasteiger partial charge in [0, 0.05) is 0 Å². The Morgan fingerprint density at radius 1 is 1.32 bits per heavy atom. The Labute approximate surface area is 112 Å². The molecule has 0 saturated heterocycles. The first kappa shape index (κ1) is 13.6.